The minimum Gasteiger partial charge on any atom is -0.494 e. The van der Waals surface area contributed by atoms with Crippen LogP contribution >= 0.6 is 0 Å². The number of rotatable bonds is 3. The molecule has 1 aliphatic rings. The van der Waals surface area contributed by atoms with Gasteiger partial charge in [0.1, 0.15) is 11.9 Å². The largest absolute Gasteiger partial charge is 0.494 e. The third kappa shape index (κ3) is 3.69. The zero-order valence-electron chi connectivity index (χ0n) is 13.9. The van der Waals surface area contributed by atoms with E-state index in [2.05, 4.69) is 9.97 Å². The molecule has 0 saturated carbocycles. The van der Waals surface area contributed by atoms with Gasteiger partial charge in [-0.05, 0) is 25.1 Å². The first-order chi connectivity index (χ1) is 12.0. The van der Waals surface area contributed by atoms with Gasteiger partial charge >= 0.3 is 0 Å². The summed E-state index contributed by atoms with van der Waals surface area (Å²) >= 11 is 0. The lowest BCUT2D eigenvalue weighted by Crippen LogP contribution is -2.43. The van der Waals surface area contributed by atoms with Crippen LogP contribution in [0.1, 0.15) is 28.0 Å². The lowest BCUT2D eigenvalue weighted by molar-refractivity contribution is -0.0269. The molecule has 0 spiro atoms. The lowest BCUT2D eigenvalue weighted by Gasteiger charge is -2.32. The van der Waals surface area contributed by atoms with Crippen LogP contribution in [0, 0.1) is 12.7 Å². The summed E-state index contributed by atoms with van der Waals surface area (Å²) in [5.41, 5.74) is 0.527. The van der Waals surface area contributed by atoms with Gasteiger partial charge in [0.25, 0.3) is 11.5 Å². The van der Waals surface area contributed by atoms with Crippen LogP contribution in [0.4, 0.5) is 4.39 Å². The molecule has 2 heterocycles. The van der Waals surface area contributed by atoms with E-state index < -0.39 is 11.9 Å². The number of aromatic amines is 1. The van der Waals surface area contributed by atoms with Crippen LogP contribution < -0.4 is 10.3 Å². The van der Waals surface area contributed by atoms with Crippen LogP contribution in [0.5, 0.6) is 5.75 Å². The fourth-order valence-electron chi connectivity index (χ4n) is 2.74. The van der Waals surface area contributed by atoms with Gasteiger partial charge in [-0.15, -0.1) is 0 Å². The number of carbonyl (C=O) groups is 1. The number of nitrogens with one attached hydrogen (secondary N) is 1. The van der Waals surface area contributed by atoms with Crippen molar-refractivity contribution in [2.45, 2.75) is 13.0 Å². The molecule has 0 unspecified atom stereocenters. The SMILES string of the molecule is COc1ccc(C(=O)N2CCO[C@@H](c3nc(C)cc(=O)[nH]3)C2)cc1F. The van der Waals surface area contributed by atoms with Crippen LogP contribution in [0.15, 0.2) is 29.1 Å². The zero-order chi connectivity index (χ0) is 18.0. The standard InChI is InChI=1S/C17H18FN3O4/c1-10-7-15(22)20-16(19-10)14-9-21(5-6-25-14)17(23)11-3-4-13(24-2)12(18)8-11/h3-4,7-8,14H,5-6,9H2,1-2H3,(H,19,20,22)/t14-/m1/s1. The maximum absolute atomic E-state index is 13.8. The van der Waals surface area contributed by atoms with E-state index in [0.29, 0.717) is 24.7 Å². The number of aromatic nitrogens is 2. The second-order valence-electron chi connectivity index (χ2n) is 5.73. The second kappa shape index (κ2) is 7.02. The summed E-state index contributed by atoms with van der Waals surface area (Å²) in [5, 5.41) is 0. The third-order valence-corrected chi connectivity index (χ3v) is 3.95. The number of H-pyrrole nitrogens is 1. The fourth-order valence-corrected chi connectivity index (χ4v) is 2.74. The summed E-state index contributed by atoms with van der Waals surface area (Å²) in [4.78, 5) is 32.7. The van der Waals surface area contributed by atoms with E-state index in [-0.39, 0.29) is 29.3 Å². The molecule has 7 nitrogen and oxygen atoms in total. The average molecular weight is 347 g/mol. The lowest BCUT2D eigenvalue weighted by atomic mass is 10.1. The highest BCUT2D eigenvalue weighted by atomic mass is 19.1. The molecule has 3 rings (SSSR count). The van der Waals surface area contributed by atoms with Gasteiger partial charge in [0, 0.05) is 23.9 Å². The first-order valence-corrected chi connectivity index (χ1v) is 7.80. The summed E-state index contributed by atoms with van der Waals surface area (Å²) in [6.07, 6.45) is -0.534. The Hall–Kier alpha value is -2.74. The van der Waals surface area contributed by atoms with Crippen molar-refractivity contribution in [1.82, 2.24) is 14.9 Å². The molecule has 1 amide bonds. The number of nitrogens with zero attached hydrogens (tertiary/aromatic N) is 2. The first kappa shape index (κ1) is 17.1. The van der Waals surface area contributed by atoms with Gasteiger partial charge in [0.05, 0.1) is 20.3 Å². The third-order valence-electron chi connectivity index (χ3n) is 3.95. The first-order valence-electron chi connectivity index (χ1n) is 7.80. The molecular formula is C17H18FN3O4. The molecule has 1 aliphatic heterocycles. The molecule has 1 aromatic carbocycles. The number of morpholine rings is 1. The maximum Gasteiger partial charge on any atom is 0.254 e. The number of hydrogen-bond acceptors (Lipinski definition) is 5. The van der Waals surface area contributed by atoms with Gasteiger partial charge in [-0.25, -0.2) is 9.37 Å². The van der Waals surface area contributed by atoms with Crippen molar-refractivity contribution >= 4 is 5.91 Å². The molecule has 8 heteroatoms. The minimum atomic E-state index is -0.595. The highest BCUT2D eigenvalue weighted by Gasteiger charge is 2.28. The second-order valence-corrected chi connectivity index (χ2v) is 5.73. The molecule has 1 fully saturated rings. The normalized spacial score (nSPS) is 17.4. The molecule has 2 aromatic rings. The quantitative estimate of drug-likeness (QED) is 0.908. The van der Waals surface area contributed by atoms with E-state index in [0.717, 1.165) is 6.07 Å². The number of methoxy groups -OCH3 is 1. The molecule has 0 radical (unpaired) electrons. The molecule has 1 aromatic heterocycles. The summed E-state index contributed by atoms with van der Waals surface area (Å²) in [6, 6.07) is 5.47. The highest BCUT2D eigenvalue weighted by molar-refractivity contribution is 5.94. The number of benzene rings is 1. The number of carbonyl (C=O) groups excluding carboxylic acids is 1. The summed E-state index contributed by atoms with van der Waals surface area (Å²) in [6.45, 7) is 2.61. The predicted octanol–water partition coefficient (Wildman–Crippen LogP) is 1.44. The maximum atomic E-state index is 13.8. The van der Waals surface area contributed by atoms with Crippen molar-refractivity contribution in [3.63, 3.8) is 0 Å². The summed E-state index contributed by atoms with van der Waals surface area (Å²) < 4.78 is 24.3. The molecule has 1 atom stereocenters. The Morgan fingerprint density at radius 3 is 2.92 bits per heavy atom. The van der Waals surface area contributed by atoms with E-state index in [1.165, 1.54) is 25.3 Å². The monoisotopic (exact) mass is 347 g/mol. The molecule has 1 saturated heterocycles. The average Bonchev–Trinajstić information content (AvgIpc) is 2.60. The fraction of sp³-hybridized carbons (Fsp3) is 0.353. The Labute approximate surface area is 143 Å². The van der Waals surface area contributed by atoms with Crippen molar-refractivity contribution in [2.24, 2.45) is 0 Å². The number of amides is 1. The van der Waals surface area contributed by atoms with E-state index in [4.69, 9.17) is 9.47 Å². The highest BCUT2D eigenvalue weighted by Crippen LogP contribution is 2.22. The van der Waals surface area contributed by atoms with Gasteiger partial charge in [0.2, 0.25) is 0 Å². The van der Waals surface area contributed by atoms with Crippen molar-refractivity contribution in [2.75, 3.05) is 26.8 Å². The molecule has 25 heavy (non-hydrogen) atoms. The van der Waals surface area contributed by atoms with Gasteiger partial charge in [-0.2, -0.15) is 0 Å². The van der Waals surface area contributed by atoms with Crippen molar-refractivity contribution < 1.29 is 18.7 Å². The van der Waals surface area contributed by atoms with Crippen LogP contribution in [-0.4, -0.2) is 47.6 Å². The van der Waals surface area contributed by atoms with Gasteiger partial charge in [-0.3, -0.25) is 9.59 Å². The number of ether oxygens (including phenoxy) is 2. The minimum absolute atomic E-state index is 0.0814. The Morgan fingerprint density at radius 1 is 1.44 bits per heavy atom. The van der Waals surface area contributed by atoms with Crippen molar-refractivity contribution in [1.29, 1.82) is 0 Å². The predicted molar refractivity (Wildman–Crippen MR) is 87.1 cm³/mol. The van der Waals surface area contributed by atoms with E-state index in [1.807, 2.05) is 0 Å². The van der Waals surface area contributed by atoms with Crippen LogP contribution in [0.2, 0.25) is 0 Å². The van der Waals surface area contributed by atoms with Crippen molar-refractivity contribution in [3.05, 3.63) is 57.5 Å². The van der Waals surface area contributed by atoms with Crippen LogP contribution in [0.3, 0.4) is 0 Å². The smallest absolute Gasteiger partial charge is 0.254 e. The Balaban J connectivity index is 1.79. The van der Waals surface area contributed by atoms with E-state index in [1.54, 1.807) is 11.8 Å². The molecule has 0 aliphatic carbocycles. The summed E-state index contributed by atoms with van der Waals surface area (Å²) in [5.74, 6) is -0.450. The number of hydrogen-bond donors (Lipinski definition) is 1. The van der Waals surface area contributed by atoms with E-state index >= 15 is 0 Å². The molecular weight excluding hydrogens is 329 g/mol. The molecule has 132 valence electrons. The number of halogens is 1. The Morgan fingerprint density at radius 2 is 2.24 bits per heavy atom. The Bertz CT molecular complexity index is 852. The summed E-state index contributed by atoms with van der Waals surface area (Å²) in [7, 11) is 1.36. The topological polar surface area (TPSA) is 84.5 Å². The Kier molecular flexibility index (Phi) is 4.80. The van der Waals surface area contributed by atoms with Gasteiger partial charge in [0.15, 0.2) is 11.6 Å². The molecule has 1 N–H and O–H groups in total. The number of aryl methyl sites for hydroxylation is 1. The van der Waals surface area contributed by atoms with E-state index in [9.17, 15) is 14.0 Å². The van der Waals surface area contributed by atoms with Crippen LogP contribution in [-0.2, 0) is 4.74 Å². The van der Waals surface area contributed by atoms with Gasteiger partial charge in [-0.1, -0.05) is 0 Å². The molecule has 0 bridgehead atoms. The van der Waals surface area contributed by atoms with Crippen LogP contribution in [0.25, 0.3) is 0 Å². The van der Waals surface area contributed by atoms with Crippen molar-refractivity contribution in [3.8, 4) is 5.75 Å². The van der Waals surface area contributed by atoms with Gasteiger partial charge < -0.3 is 19.4 Å². The zero-order valence-corrected chi connectivity index (χ0v) is 13.9.